The summed E-state index contributed by atoms with van der Waals surface area (Å²) in [5.41, 5.74) is -5.12. The Kier molecular flexibility index (Phi) is 6.31. The number of hydrogen-bond acceptors (Lipinski definition) is 4. The van der Waals surface area contributed by atoms with Crippen molar-refractivity contribution in [2.45, 2.75) is 51.8 Å². The Morgan fingerprint density at radius 2 is 1.47 bits per heavy atom. The third-order valence-electron chi connectivity index (χ3n) is 6.06. The zero-order valence-electron chi connectivity index (χ0n) is 19.5. The molecule has 0 aliphatic carbocycles. The monoisotopic (exact) mass is 471 g/mol. The van der Waals surface area contributed by atoms with Gasteiger partial charge in [-0.25, -0.2) is 14.4 Å². The molecule has 1 heterocycles. The van der Waals surface area contributed by atoms with E-state index in [4.69, 9.17) is 0 Å². The van der Waals surface area contributed by atoms with E-state index in [0.29, 0.717) is 5.56 Å². The SMILES string of the molecule is CC(C)(C#N)c1ccc(-c2ccc(C(O)(c3cncnc3)C(C)(C)C)c(C(F)(F)F)c2)c(F)c1. The number of aromatic nitrogens is 2. The van der Waals surface area contributed by atoms with E-state index in [0.717, 1.165) is 12.1 Å². The lowest BCUT2D eigenvalue weighted by atomic mass is 9.67. The molecule has 1 unspecified atom stereocenters. The molecule has 0 bridgehead atoms. The first kappa shape index (κ1) is 25.3. The van der Waals surface area contributed by atoms with Crippen LogP contribution in [0.1, 0.15) is 56.9 Å². The molecule has 0 saturated carbocycles. The summed E-state index contributed by atoms with van der Waals surface area (Å²) in [6.07, 6.45) is -1.05. The van der Waals surface area contributed by atoms with Crippen LogP contribution in [0.4, 0.5) is 17.6 Å². The smallest absolute Gasteiger partial charge is 0.380 e. The maximum Gasteiger partial charge on any atom is 0.416 e. The number of halogens is 4. The number of aliphatic hydroxyl groups is 1. The maximum absolute atomic E-state index is 15.0. The van der Waals surface area contributed by atoms with Gasteiger partial charge in [-0.1, -0.05) is 45.0 Å². The summed E-state index contributed by atoms with van der Waals surface area (Å²) in [5.74, 6) is -0.746. The predicted octanol–water partition coefficient (Wildman–Crippen LogP) is 6.38. The first-order valence-corrected chi connectivity index (χ1v) is 10.5. The first-order valence-electron chi connectivity index (χ1n) is 10.5. The molecule has 0 saturated heterocycles. The van der Waals surface area contributed by atoms with E-state index < -0.39 is 34.0 Å². The highest BCUT2D eigenvalue weighted by molar-refractivity contribution is 5.67. The number of hydrogen-bond donors (Lipinski definition) is 1. The minimum atomic E-state index is -4.83. The average Bonchev–Trinajstić information content (AvgIpc) is 2.77. The van der Waals surface area contributed by atoms with E-state index in [1.165, 1.54) is 43.0 Å². The Morgan fingerprint density at radius 3 is 1.97 bits per heavy atom. The van der Waals surface area contributed by atoms with Crippen molar-refractivity contribution < 1.29 is 22.7 Å². The third kappa shape index (κ3) is 4.40. The second-order valence-electron chi connectivity index (χ2n) is 9.78. The van der Waals surface area contributed by atoms with Crippen molar-refractivity contribution in [2.24, 2.45) is 5.41 Å². The molecule has 34 heavy (non-hydrogen) atoms. The number of alkyl halides is 3. The van der Waals surface area contributed by atoms with Crippen LogP contribution in [-0.2, 0) is 17.2 Å². The van der Waals surface area contributed by atoms with Crippen LogP contribution in [0.2, 0.25) is 0 Å². The zero-order valence-corrected chi connectivity index (χ0v) is 19.5. The number of rotatable bonds is 4. The van der Waals surface area contributed by atoms with Crippen LogP contribution in [0.15, 0.2) is 55.1 Å². The normalized spacial score (nSPS) is 14.4. The van der Waals surface area contributed by atoms with Gasteiger partial charge >= 0.3 is 6.18 Å². The Morgan fingerprint density at radius 1 is 0.853 bits per heavy atom. The van der Waals surface area contributed by atoms with Crippen molar-refractivity contribution in [2.75, 3.05) is 0 Å². The van der Waals surface area contributed by atoms with E-state index in [-0.39, 0.29) is 22.3 Å². The van der Waals surface area contributed by atoms with Gasteiger partial charge in [0.05, 0.1) is 17.0 Å². The average molecular weight is 471 g/mol. The molecule has 0 spiro atoms. The lowest BCUT2D eigenvalue weighted by molar-refractivity contribution is -0.142. The zero-order chi connectivity index (χ0) is 25.5. The Labute approximate surface area is 195 Å². The topological polar surface area (TPSA) is 69.8 Å². The molecule has 1 N–H and O–H groups in total. The van der Waals surface area contributed by atoms with Crippen LogP contribution < -0.4 is 0 Å². The molecular formula is C26H25F4N3O. The molecule has 3 aromatic rings. The summed E-state index contributed by atoms with van der Waals surface area (Å²) in [5, 5.41) is 21.0. The Bertz CT molecular complexity index is 1240. The van der Waals surface area contributed by atoms with Gasteiger partial charge in [0.2, 0.25) is 0 Å². The molecule has 0 fully saturated rings. The highest BCUT2D eigenvalue weighted by atomic mass is 19.4. The second-order valence-corrected chi connectivity index (χ2v) is 9.78. The number of nitriles is 1. The molecule has 1 atom stereocenters. The summed E-state index contributed by atoms with van der Waals surface area (Å²) in [7, 11) is 0. The molecule has 0 amide bonds. The number of nitrogens with zero attached hydrogens (tertiary/aromatic N) is 3. The fourth-order valence-electron chi connectivity index (χ4n) is 3.94. The van der Waals surface area contributed by atoms with Crippen molar-refractivity contribution in [3.05, 3.63) is 83.2 Å². The maximum atomic E-state index is 15.0. The Balaban J connectivity index is 2.26. The lowest BCUT2D eigenvalue weighted by Gasteiger charge is -2.42. The third-order valence-corrected chi connectivity index (χ3v) is 6.06. The standard InChI is InChI=1S/C26H25F4N3O/c1-23(2,3)25(34,18-12-32-15-33-13-18)20-9-6-16(10-21(20)26(28,29)30)19-8-7-17(11-22(19)27)24(4,5)14-31/h6-13,15,34H,1-5H3. The molecule has 0 radical (unpaired) electrons. The molecule has 1 aromatic heterocycles. The van der Waals surface area contributed by atoms with Crippen molar-refractivity contribution in [1.82, 2.24) is 9.97 Å². The first-order chi connectivity index (χ1) is 15.6. The summed E-state index contributed by atoms with van der Waals surface area (Å²) in [4.78, 5) is 7.74. The van der Waals surface area contributed by atoms with Crippen molar-refractivity contribution in [1.29, 1.82) is 5.26 Å². The molecule has 0 aliphatic rings. The molecule has 0 aliphatic heterocycles. The van der Waals surface area contributed by atoms with Crippen LogP contribution in [0.5, 0.6) is 0 Å². The van der Waals surface area contributed by atoms with Crippen molar-refractivity contribution in [3.8, 4) is 17.2 Å². The van der Waals surface area contributed by atoms with Gasteiger partial charge < -0.3 is 5.11 Å². The number of benzene rings is 2. The summed E-state index contributed by atoms with van der Waals surface area (Å²) >= 11 is 0. The highest BCUT2D eigenvalue weighted by Gasteiger charge is 2.49. The van der Waals surface area contributed by atoms with E-state index in [1.807, 2.05) is 0 Å². The highest BCUT2D eigenvalue weighted by Crippen LogP contribution is 2.49. The van der Waals surface area contributed by atoms with Crippen LogP contribution in [0.25, 0.3) is 11.1 Å². The summed E-state index contributed by atoms with van der Waals surface area (Å²) < 4.78 is 57.8. The molecule has 4 nitrogen and oxygen atoms in total. The molecule has 3 rings (SSSR count). The van der Waals surface area contributed by atoms with E-state index in [9.17, 15) is 27.9 Å². The van der Waals surface area contributed by atoms with E-state index in [2.05, 4.69) is 16.0 Å². The van der Waals surface area contributed by atoms with Crippen LogP contribution in [0, 0.1) is 22.6 Å². The summed E-state index contributed by atoms with van der Waals surface area (Å²) in [6.45, 7) is 8.09. The van der Waals surface area contributed by atoms with Gasteiger partial charge in [-0.3, -0.25) is 0 Å². The molecule has 8 heteroatoms. The van der Waals surface area contributed by atoms with Gasteiger partial charge in [0, 0.05) is 29.1 Å². The molecule has 178 valence electrons. The van der Waals surface area contributed by atoms with Crippen LogP contribution in [-0.4, -0.2) is 15.1 Å². The van der Waals surface area contributed by atoms with Gasteiger partial charge in [-0.05, 0) is 42.5 Å². The quantitative estimate of drug-likeness (QED) is 0.448. The second kappa shape index (κ2) is 8.48. The lowest BCUT2D eigenvalue weighted by Crippen LogP contribution is -2.42. The van der Waals surface area contributed by atoms with Gasteiger partial charge in [-0.15, -0.1) is 0 Å². The summed E-state index contributed by atoms with van der Waals surface area (Å²) in [6, 6.07) is 9.47. The fourth-order valence-corrected chi connectivity index (χ4v) is 3.94. The molecule has 2 aromatic carbocycles. The molecular weight excluding hydrogens is 446 g/mol. The van der Waals surface area contributed by atoms with Crippen molar-refractivity contribution in [3.63, 3.8) is 0 Å². The van der Waals surface area contributed by atoms with E-state index >= 15 is 0 Å². The predicted molar refractivity (Wildman–Crippen MR) is 120 cm³/mol. The minimum absolute atomic E-state index is 0.00420. The van der Waals surface area contributed by atoms with E-state index in [1.54, 1.807) is 34.6 Å². The largest absolute Gasteiger partial charge is 0.416 e. The fraction of sp³-hybridized carbons (Fsp3) is 0.346. The van der Waals surface area contributed by atoms with Crippen LogP contribution >= 0.6 is 0 Å². The van der Waals surface area contributed by atoms with Gasteiger partial charge in [0.15, 0.2) is 0 Å². The van der Waals surface area contributed by atoms with Gasteiger partial charge in [0.1, 0.15) is 17.7 Å². The Hall–Kier alpha value is -3.31. The van der Waals surface area contributed by atoms with Crippen LogP contribution in [0.3, 0.4) is 0 Å². The van der Waals surface area contributed by atoms with Gasteiger partial charge in [-0.2, -0.15) is 18.4 Å². The minimum Gasteiger partial charge on any atom is -0.380 e. The van der Waals surface area contributed by atoms with Gasteiger partial charge in [0.25, 0.3) is 0 Å². The van der Waals surface area contributed by atoms with Crippen molar-refractivity contribution >= 4 is 0 Å².